The third-order valence-electron chi connectivity index (χ3n) is 5.07. The molecule has 0 radical (unpaired) electrons. The standard InChI is InChI=1S/C20H25FN2O2S.ClH/c1-22(2)18(24)11-14-12-23(10-9-17(14)26)19(20(25)13-7-8-13)15-5-3-4-6-16(15)21;/h3-6,11,13,17,19,26H,7-10,12H2,1-2H3;1H/b14-11-;. The number of carbonyl (C=O) groups is 2. The van der Waals surface area contributed by atoms with E-state index in [4.69, 9.17) is 0 Å². The summed E-state index contributed by atoms with van der Waals surface area (Å²) in [4.78, 5) is 28.5. The Morgan fingerprint density at radius 1 is 1.26 bits per heavy atom. The summed E-state index contributed by atoms with van der Waals surface area (Å²) < 4.78 is 14.5. The summed E-state index contributed by atoms with van der Waals surface area (Å²) in [6.07, 6.45) is 4.09. The molecule has 27 heavy (non-hydrogen) atoms. The predicted octanol–water partition coefficient (Wildman–Crippen LogP) is 3.29. The highest BCUT2D eigenvalue weighted by atomic mass is 35.5. The average Bonchev–Trinajstić information content (AvgIpc) is 3.44. The number of halogens is 2. The molecule has 4 nitrogen and oxygen atoms in total. The van der Waals surface area contributed by atoms with Gasteiger partial charge in [-0.15, -0.1) is 12.4 Å². The Bertz CT molecular complexity index is 736. The lowest BCUT2D eigenvalue weighted by molar-refractivity contribution is -0.126. The molecule has 2 atom stereocenters. The number of nitrogens with zero attached hydrogens (tertiary/aromatic N) is 2. The van der Waals surface area contributed by atoms with Crippen molar-refractivity contribution in [3.63, 3.8) is 0 Å². The first-order chi connectivity index (χ1) is 12.4. The number of ketones is 1. The van der Waals surface area contributed by atoms with Crippen LogP contribution in [0.4, 0.5) is 4.39 Å². The summed E-state index contributed by atoms with van der Waals surface area (Å²) in [7, 11) is 3.40. The van der Waals surface area contributed by atoms with Gasteiger partial charge in [-0.05, 0) is 30.9 Å². The predicted molar refractivity (Wildman–Crippen MR) is 110 cm³/mol. The quantitative estimate of drug-likeness (QED) is 0.596. The van der Waals surface area contributed by atoms with Crippen LogP contribution in [0.15, 0.2) is 35.9 Å². The van der Waals surface area contributed by atoms with E-state index in [1.165, 1.54) is 11.0 Å². The zero-order valence-corrected chi connectivity index (χ0v) is 17.3. The highest BCUT2D eigenvalue weighted by molar-refractivity contribution is 7.81. The van der Waals surface area contributed by atoms with Gasteiger partial charge in [-0.3, -0.25) is 14.5 Å². The van der Waals surface area contributed by atoms with E-state index in [2.05, 4.69) is 12.6 Å². The van der Waals surface area contributed by atoms with Crippen molar-refractivity contribution in [3.05, 3.63) is 47.3 Å². The maximum absolute atomic E-state index is 14.5. The van der Waals surface area contributed by atoms with Gasteiger partial charge in [-0.2, -0.15) is 12.6 Å². The van der Waals surface area contributed by atoms with Crippen molar-refractivity contribution in [3.8, 4) is 0 Å². The molecule has 1 aliphatic heterocycles. The second kappa shape index (κ2) is 9.22. The minimum atomic E-state index is -0.595. The van der Waals surface area contributed by atoms with Crippen LogP contribution in [0.25, 0.3) is 0 Å². The van der Waals surface area contributed by atoms with Crippen LogP contribution in [0.3, 0.4) is 0 Å². The average molecular weight is 413 g/mol. The third kappa shape index (κ3) is 5.12. The first kappa shape index (κ1) is 21.9. The largest absolute Gasteiger partial charge is 0.345 e. The van der Waals surface area contributed by atoms with Crippen LogP contribution in [-0.4, -0.2) is 53.9 Å². The van der Waals surface area contributed by atoms with Gasteiger partial charge in [-0.1, -0.05) is 18.2 Å². The normalized spacial score (nSPS) is 22.8. The Kier molecular flexibility index (Phi) is 7.48. The fraction of sp³-hybridized carbons (Fsp3) is 0.500. The van der Waals surface area contributed by atoms with Gasteiger partial charge in [0.25, 0.3) is 0 Å². The summed E-state index contributed by atoms with van der Waals surface area (Å²) in [6, 6.07) is 5.91. The molecule has 2 unspecified atom stereocenters. The molecule has 7 heteroatoms. The molecule has 1 saturated carbocycles. The Morgan fingerprint density at radius 3 is 2.52 bits per heavy atom. The fourth-order valence-corrected chi connectivity index (χ4v) is 3.63. The van der Waals surface area contributed by atoms with Crippen LogP contribution in [0.2, 0.25) is 0 Å². The van der Waals surface area contributed by atoms with Crippen molar-refractivity contribution in [1.29, 1.82) is 0 Å². The van der Waals surface area contributed by atoms with Gasteiger partial charge in [0.2, 0.25) is 5.91 Å². The number of benzene rings is 1. The van der Waals surface area contributed by atoms with Crippen LogP contribution in [-0.2, 0) is 9.59 Å². The van der Waals surface area contributed by atoms with E-state index in [9.17, 15) is 14.0 Å². The van der Waals surface area contributed by atoms with Crippen LogP contribution in [0.5, 0.6) is 0 Å². The fourth-order valence-electron chi connectivity index (χ4n) is 3.36. The number of carbonyl (C=O) groups excluding carboxylic acids is 2. The van der Waals surface area contributed by atoms with E-state index < -0.39 is 6.04 Å². The van der Waals surface area contributed by atoms with Crippen LogP contribution < -0.4 is 0 Å². The molecule has 148 valence electrons. The van der Waals surface area contributed by atoms with Crippen molar-refractivity contribution in [2.75, 3.05) is 27.2 Å². The van der Waals surface area contributed by atoms with Crippen LogP contribution in [0.1, 0.15) is 30.9 Å². The Labute approximate surface area is 171 Å². The number of thiol groups is 1. The number of hydrogen-bond acceptors (Lipinski definition) is 4. The second-order valence-corrected chi connectivity index (χ2v) is 7.95. The maximum Gasteiger partial charge on any atom is 0.246 e. The van der Waals surface area contributed by atoms with Crippen molar-refractivity contribution in [2.45, 2.75) is 30.6 Å². The Hall–Kier alpha value is -1.37. The van der Waals surface area contributed by atoms with Gasteiger partial charge >= 0.3 is 0 Å². The molecule has 1 aromatic rings. The molecule has 1 amide bonds. The SMILES string of the molecule is CN(C)C(=O)/C=C1/CN(C(C(=O)C2CC2)c2ccccc2F)CCC1S.Cl. The molecule has 1 saturated heterocycles. The highest BCUT2D eigenvalue weighted by Gasteiger charge is 2.40. The maximum atomic E-state index is 14.5. The van der Waals surface area contributed by atoms with Gasteiger partial charge in [0.05, 0.1) is 6.04 Å². The van der Waals surface area contributed by atoms with Crippen LogP contribution >= 0.6 is 25.0 Å². The minimum Gasteiger partial charge on any atom is -0.345 e. The molecular weight excluding hydrogens is 387 g/mol. The third-order valence-corrected chi connectivity index (χ3v) is 5.66. The van der Waals surface area contributed by atoms with Gasteiger partial charge in [0.15, 0.2) is 5.78 Å². The van der Waals surface area contributed by atoms with Gasteiger partial charge < -0.3 is 4.90 Å². The molecule has 3 rings (SSSR count). The van der Waals surface area contributed by atoms with E-state index in [1.54, 1.807) is 38.4 Å². The zero-order valence-electron chi connectivity index (χ0n) is 15.6. The minimum absolute atomic E-state index is 0. The zero-order chi connectivity index (χ0) is 18.8. The number of hydrogen-bond donors (Lipinski definition) is 1. The van der Waals surface area contributed by atoms with Crippen molar-refractivity contribution < 1.29 is 14.0 Å². The van der Waals surface area contributed by atoms with E-state index in [1.807, 2.05) is 4.90 Å². The number of Topliss-reactive ketones (excluding diaryl/α,β-unsaturated/α-hetero) is 1. The van der Waals surface area contributed by atoms with Gasteiger partial charge in [-0.25, -0.2) is 4.39 Å². The van der Waals surface area contributed by atoms with Gasteiger partial charge in [0.1, 0.15) is 5.82 Å². The molecular formula is C20H26ClFN2O2S. The Morgan fingerprint density at radius 2 is 1.93 bits per heavy atom. The summed E-state index contributed by atoms with van der Waals surface area (Å²) in [6.45, 7) is 1.10. The van der Waals surface area contributed by atoms with E-state index >= 15 is 0 Å². The molecule has 1 aliphatic carbocycles. The molecule has 0 N–H and O–H groups in total. The molecule has 1 aromatic carbocycles. The second-order valence-electron chi connectivity index (χ2n) is 7.33. The summed E-state index contributed by atoms with van der Waals surface area (Å²) in [5.41, 5.74) is 1.31. The highest BCUT2D eigenvalue weighted by Crippen LogP contribution is 2.39. The van der Waals surface area contributed by atoms with Gasteiger partial charge in [0, 0.05) is 50.0 Å². The monoisotopic (exact) mass is 412 g/mol. The van der Waals surface area contributed by atoms with Crippen molar-refractivity contribution >= 4 is 36.7 Å². The van der Waals surface area contributed by atoms with Crippen molar-refractivity contribution in [1.82, 2.24) is 9.80 Å². The van der Waals surface area contributed by atoms with E-state index in [0.717, 1.165) is 24.8 Å². The number of amides is 1. The molecule has 1 heterocycles. The summed E-state index contributed by atoms with van der Waals surface area (Å²) in [5, 5.41) is -0.0209. The lowest BCUT2D eigenvalue weighted by Gasteiger charge is -2.37. The number of likely N-dealkylation sites (tertiary alicyclic amines) is 1. The first-order valence-corrected chi connectivity index (χ1v) is 9.52. The molecule has 0 bridgehead atoms. The number of likely N-dealkylation sites (N-methyl/N-ethyl adjacent to an activating group) is 1. The van der Waals surface area contributed by atoms with Crippen LogP contribution in [0, 0.1) is 11.7 Å². The number of piperidine rings is 1. The summed E-state index contributed by atoms with van der Waals surface area (Å²) >= 11 is 4.60. The molecule has 2 fully saturated rings. The van der Waals surface area contributed by atoms with E-state index in [0.29, 0.717) is 18.7 Å². The summed E-state index contributed by atoms with van der Waals surface area (Å²) in [5.74, 6) is -0.332. The van der Waals surface area contributed by atoms with E-state index in [-0.39, 0.29) is 41.1 Å². The molecule has 2 aliphatic rings. The molecule has 0 aromatic heterocycles. The Balaban J connectivity index is 0.00000261. The lowest BCUT2D eigenvalue weighted by atomic mass is 9.93. The topological polar surface area (TPSA) is 40.6 Å². The van der Waals surface area contributed by atoms with Crippen molar-refractivity contribution in [2.24, 2.45) is 5.92 Å². The smallest absolute Gasteiger partial charge is 0.246 e. The number of rotatable bonds is 5. The molecule has 0 spiro atoms. The first-order valence-electron chi connectivity index (χ1n) is 9.00. The lowest BCUT2D eigenvalue weighted by Crippen LogP contribution is -2.43.